The highest BCUT2D eigenvalue weighted by Crippen LogP contribution is 2.22. The molecule has 0 amide bonds. The lowest BCUT2D eigenvalue weighted by Gasteiger charge is -2.28. The largest absolute Gasteiger partial charge is 0.497 e. The van der Waals surface area contributed by atoms with Crippen LogP contribution in [-0.2, 0) is 13.0 Å². The molecule has 30 heavy (non-hydrogen) atoms. The van der Waals surface area contributed by atoms with Gasteiger partial charge in [0.15, 0.2) is 5.96 Å². The van der Waals surface area contributed by atoms with E-state index in [1.54, 1.807) is 14.2 Å². The molecule has 8 heteroatoms. The third-order valence-corrected chi connectivity index (χ3v) is 5.47. The molecule has 2 heterocycles. The van der Waals surface area contributed by atoms with Crippen molar-refractivity contribution in [3.63, 3.8) is 0 Å². The Morgan fingerprint density at radius 2 is 1.97 bits per heavy atom. The van der Waals surface area contributed by atoms with E-state index in [0.717, 1.165) is 54.2 Å². The molecule has 0 saturated carbocycles. The number of ether oxygens (including phenoxy) is 1. The lowest BCUT2D eigenvalue weighted by atomic mass is 10.1. The molecule has 1 saturated heterocycles. The van der Waals surface area contributed by atoms with Gasteiger partial charge in [-0.15, -0.1) is 24.0 Å². The van der Waals surface area contributed by atoms with E-state index in [4.69, 9.17) is 16.3 Å². The number of halogens is 2. The van der Waals surface area contributed by atoms with E-state index in [-0.39, 0.29) is 24.0 Å². The highest BCUT2D eigenvalue weighted by Gasteiger charge is 2.12. The minimum atomic E-state index is 0. The van der Waals surface area contributed by atoms with Crippen molar-refractivity contribution in [2.75, 3.05) is 38.7 Å². The zero-order valence-corrected chi connectivity index (χ0v) is 20.7. The molecule has 0 atom stereocenters. The van der Waals surface area contributed by atoms with E-state index in [1.165, 1.54) is 24.8 Å². The Morgan fingerprint density at radius 1 is 1.17 bits per heavy atom. The lowest BCUT2D eigenvalue weighted by Crippen LogP contribution is -2.38. The second kappa shape index (κ2) is 12.8. The van der Waals surface area contributed by atoms with Crippen LogP contribution in [0.15, 0.2) is 41.5 Å². The van der Waals surface area contributed by atoms with Gasteiger partial charge in [-0.2, -0.15) is 0 Å². The summed E-state index contributed by atoms with van der Waals surface area (Å²) in [6.07, 6.45) is 6.51. The molecule has 1 aromatic heterocycles. The molecule has 1 aliphatic heterocycles. The van der Waals surface area contributed by atoms with Crippen molar-refractivity contribution in [2.24, 2.45) is 4.99 Å². The van der Waals surface area contributed by atoms with Crippen LogP contribution in [0.4, 0.5) is 5.82 Å². The zero-order valence-electron chi connectivity index (χ0n) is 17.7. The number of nitrogens with zero attached hydrogens (tertiary/aromatic N) is 3. The Bertz CT molecular complexity index is 827. The van der Waals surface area contributed by atoms with Crippen molar-refractivity contribution in [3.8, 4) is 5.75 Å². The minimum Gasteiger partial charge on any atom is -0.497 e. The van der Waals surface area contributed by atoms with Crippen molar-refractivity contribution in [1.82, 2.24) is 15.6 Å². The van der Waals surface area contributed by atoms with Crippen LogP contribution >= 0.6 is 35.6 Å². The smallest absolute Gasteiger partial charge is 0.191 e. The van der Waals surface area contributed by atoms with Gasteiger partial charge in [0, 0.05) is 44.4 Å². The van der Waals surface area contributed by atoms with E-state index < -0.39 is 0 Å². The SMILES string of the molecule is CN=C(NCCc1ccc(OC)cc1Cl)NCc1ccnc(N2CCCCC2)c1.I. The predicted octanol–water partition coefficient (Wildman–Crippen LogP) is 4.26. The number of nitrogens with one attached hydrogen (secondary N) is 2. The molecule has 2 N–H and O–H groups in total. The van der Waals surface area contributed by atoms with E-state index in [2.05, 4.69) is 31.6 Å². The number of aliphatic imine (C=N–C) groups is 1. The molecule has 1 aliphatic rings. The van der Waals surface area contributed by atoms with Crippen molar-refractivity contribution in [2.45, 2.75) is 32.2 Å². The van der Waals surface area contributed by atoms with Crippen LogP contribution in [0.5, 0.6) is 5.75 Å². The molecule has 0 unspecified atom stereocenters. The first kappa shape index (κ1) is 24.5. The van der Waals surface area contributed by atoms with Gasteiger partial charge in [0.25, 0.3) is 0 Å². The van der Waals surface area contributed by atoms with Crippen LogP contribution < -0.4 is 20.3 Å². The molecule has 6 nitrogen and oxygen atoms in total. The van der Waals surface area contributed by atoms with Crippen LogP contribution in [0.2, 0.25) is 5.02 Å². The number of anilines is 1. The fraction of sp³-hybridized carbons (Fsp3) is 0.455. The lowest BCUT2D eigenvalue weighted by molar-refractivity contribution is 0.414. The maximum Gasteiger partial charge on any atom is 0.191 e. The summed E-state index contributed by atoms with van der Waals surface area (Å²) in [5, 5.41) is 7.44. The maximum absolute atomic E-state index is 6.31. The third-order valence-electron chi connectivity index (χ3n) is 5.12. The second-order valence-corrected chi connectivity index (χ2v) is 7.54. The van der Waals surface area contributed by atoms with E-state index in [9.17, 15) is 0 Å². The van der Waals surface area contributed by atoms with Gasteiger partial charge >= 0.3 is 0 Å². The summed E-state index contributed by atoms with van der Waals surface area (Å²) >= 11 is 6.31. The van der Waals surface area contributed by atoms with E-state index in [1.807, 2.05) is 30.5 Å². The van der Waals surface area contributed by atoms with Gasteiger partial charge in [-0.05, 0) is 61.1 Å². The number of guanidine groups is 1. The van der Waals surface area contributed by atoms with E-state index in [0.29, 0.717) is 6.54 Å². The molecule has 0 bridgehead atoms. The number of hydrogen-bond acceptors (Lipinski definition) is 4. The molecule has 1 fully saturated rings. The number of benzene rings is 1. The summed E-state index contributed by atoms with van der Waals surface area (Å²) < 4.78 is 5.19. The standard InChI is InChI=1S/C22H30ClN5O.HI/c1-24-22(26-11-9-18-6-7-19(29-2)15-20(18)23)27-16-17-8-10-25-21(14-17)28-12-4-3-5-13-28;/h6-8,10,14-15H,3-5,9,11-13,16H2,1-2H3,(H2,24,26,27);1H. The van der Waals surface area contributed by atoms with Gasteiger partial charge in [-0.3, -0.25) is 4.99 Å². The summed E-state index contributed by atoms with van der Waals surface area (Å²) in [7, 11) is 3.42. The average Bonchev–Trinajstić information content (AvgIpc) is 2.77. The zero-order chi connectivity index (χ0) is 20.5. The van der Waals surface area contributed by atoms with Crippen LogP contribution in [0.3, 0.4) is 0 Å². The Kier molecular flexibility index (Phi) is 10.5. The highest BCUT2D eigenvalue weighted by molar-refractivity contribution is 14.0. The van der Waals surface area contributed by atoms with Gasteiger partial charge < -0.3 is 20.3 Å². The Hall–Kier alpha value is -1.74. The third kappa shape index (κ3) is 7.19. The summed E-state index contributed by atoms with van der Waals surface area (Å²) in [5.41, 5.74) is 2.28. The van der Waals surface area contributed by atoms with Gasteiger partial charge in [0.05, 0.1) is 7.11 Å². The summed E-state index contributed by atoms with van der Waals surface area (Å²) in [5.74, 6) is 2.61. The Balaban J connectivity index is 0.00000320. The molecule has 1 aromatic carbocycles. The predicted molar refractivity (Wildman–Crippen MR) is 136 cm³/mol. The summed E-state index contributed by atoms with van der Waals surface area (Å²) in [6, 6.07) is 9.98. The molecule has 2 aromatic rings. The van der Waals surface area contributed by atoms with Gasteiger partial charge in [-0.25, -0.2) is 4.98 Å². The Morgan fingerprint density at radius 3 is 2.67 bits per heavy atom. The van der Waals surface area contributed by atoms with Crippen molar-refractivity contribution in [1.29, 1.82) is 0 Å². The average molecular weight is 544 g/mol. The molecular formula is C22H31ClIN5O. The molecule has 0 aliphatic carbocycles. The maximum atomic E-state index is 6.31. The fourth-order valence-electron chi connectivity index (χ4n) is 3.45. The number of aromatic nitrogens is 1. The normalized spacial score (nSPS) is 14.1. The van der Waals surface area contributed by atoms with Gasteiger partial charge in [0.1, 0.15) is 11.6 Å². The number of methoxy groups -OCH3 is 1. The molecule has 0 spiro atoms. The van der Waals surface area contributed by atoms with Crippen LogP contribution in [0, 0.1) is 0 Å². The Labute approximate surface area is 201 Å². The number of hydrogen-bond donors (Lipinski definition) is 2. The highest BCUT2D eigenvalue weighted by atomic mass is 127. The monoisotopic (exact) mass is 543 g/mol. The first-order chi connectivity index (χ1) is 14.2. The van der Waals surface area contributed by atoms with Crippen LogP contribution in [-0.4, -0.2) is 44.7 Å². The van der Waals surface area contributed by atoms with Gasteiger partial charge in [-0.1, -0.05) is 17.7 Å². The number of piperidine rings is 1. The minimum absolute atomic E-state index is 0. The number of rotatable bonds is 7. The topological polar surface area (TPSA) is 61.8 Å². The van der Waals surface area contributed by atoms with Crippen LogP contribution in [0.1, 0.15) is 30.4 Å². The quantitative estimate of drug-likeness (QED) is 0.310. The molecule has 3 rings (SSSR count). The number of pyridine rings is 1. The fourth-order valence-corrected chi connectivity index (χ4v) is 3.71. The molecular weight excluding hydrogens is 513 g/mol. The van der Waals surface area contributed by atoms with Crippen molar-refractivity contribution < 1.29 is 4.74 Å². The first-order valence-corrected chi connectivity index (χ1v) is 10.5. The van der Waals surface area contributed by atoms with E-state index >= 15 is 0 Å². The summed E-state index contributed by atoms with van der Waals surface area (Å²) in [4.78, 5) is 11.2. The molecule has 0 radical (unpaired) electrons. The van der Waals surface area contributed by atoms with Crippen LogP contribution in [0.25, 0.3) is 0 Å². The molecule has 164 valence electrons. The first-order valence-electron chi connectivity index (χ1n) is 10.2. The van der Waals surface area contributed by atoms with Crippen molar-refractivity contribution >= 4 is 47.4 Å². The van der Waals surface area contributed by atoms with Gasteiger partial charge in [0.2, 0.25) is 0 Å². The second-order valence-electron chi connectivity index (χ2n) is 7.13. The summed E-state index contributed by atoms with van der Waals surface area (Å²) in [6.45, 7) is 3.63. The van der Waals surface area contributed by atoms with Crippen molar-refractivity contribution in [3.05, 3.63) is 52.7 Å².